The number of ketones is 1. The predicted octanol–water partition coefficient (Wildman–Crippen LogP) is 3.78. The smallest absolute Gasteiger partial charge is 0.193 e. The predicted molar refractivity (Wildman–Crippen MR) is 113 cm³/mol. The van der Waals surface area contributed by atoms with E-state index in [4.69, 9.17) is 24.8 Å². The number of nitrogens with zero attached hydrogens (tertiary/aromatic N) is 1. The highest BCUT2D eigenvalue weighted by molar-refractivity contribution is 6.10. The molecule has 0 aliphatic rings. The summed E-state index contributed by atoms with van der Waals surface area (Å²) in [5, 5.41) is 3.60. The van der Waals surface area contributed by atoms with Crippen LogP contribution in [0.3, 0.4) is 0 Å². The van der Waals surface area contributed by atoms with Gasteiger partial charge < -0.3 is 24.8 Å². The first-order valence-electron chi connectivity index (χ1n) is 9.28. The number of methoxy groups -OCH3 is 4. The van der Waals surface area contributed by atoms with Crippen molar-refractivity contribution in [2.24, 2.45) is 10.9 Å². The van der Waals surface area contributed by atoms with Gasteiger partial charge in [-0.2, -0.15) is 5.10 Å². The quantitative estimate of drug-likeness (QED) is 0.282. The molecule has 2 rings (SSSR count). The van der Waals surface area contributed by atoms with Crippen LogP contribution in [-0.2, 0) is 0 Å². The van der Waals surface area contributed by atoms with Crippen molar-refractivity contribution in [1.82, 2.24) is 0 Å². The van der Waals surface area contributed by atoms with E-state index in [1.54, 1.807) is 51.8 Å². The lowest BCUT2D eigenvalue weighted by molar-refractivity contribution is 0.103. The first-order valence-corrected chi connectivity index (χ1v) is 9.28. The highest BCUT2D eigenvalue weighted by Crippen LogP contribution is 2.38. The van der Waals surface area contributed by atoms with E-state index in [1.807, 2.05) is 6.07 Å². The summed E-state index contributed by atoms with van der Waals surface area (Å²) in [4.78, 5) is 13.4. The Kier molecular flexibility index (Phi) is 7.88. The summed E-state index contributed by atoms with van der Waals surface area (Å²) in [6.45, 7) is 2.05. The largest absolute Gasteiger partial charge is 0.493 e. The number of hydrogen-bond donors (Lipinski definition) is 1. The molecule has 1 unspecified atom stereocenters. The van der Waals surface area contributed by atoms with Crippen LogP contribution >= 0.6 is 0 Å². The summed E-state index contributed by atoms with van der Waals surface area (Å²) in [5.41, 5.74) is 1.87. The zero-order valence-corrected chi connectivity index (χ0v) is 17.5. The van der Waals surface area contributed by atoms with Crippen LogP contribution in [0.25, 0.3) is 0 Å². The summed E-state index contributed by atoms with van der Waals surface area (Å²) in [6, 6.07) is 8.67. The highest BCUT2D eigenvalue weighted by atomic mass is 16.5. The molecule has 0 fully saturated rings. The number of carbonyl (C=O) groups excluding carboxylic acids is 1. The summed E-state index contributed by atoms with van der Waals surface area (Å²) >= 11 is 0. The molecule has 156 valence electrons. The molecule has 0 amide bonds. The first kappa shape index (κ1) is 22.1. The van der Waals surface area contributed by atoms with Gasteiger partial charge in [-0.1, -0.05) is 6.92 Å². The van der Waals surface area contributed by atoms with E-state index in [2.05, 4.69) is 12.0 Å². The first-order chi connectivity index (χ1) is 14.0. The van der Waals surface area contributed by atoms with E-state index in [-0.39, 0.29) is 11.7 Å². The Hall–Kier alpha value is -3.22. The highest BCUT2D eigenvalue weighted by Gasteiger charge is 2.23. The Balaban J connectivity index is 2.63. The fourth-order valence-corrected chi connectivity index (χ4v) is 3.26. The van der Waals surface area contributed by atoms with Crippen molar-refractivity contribution in [3.05, 3.63) is 47.0 Å². The van der Waals surface area contributed by atoms with Crippen LogP contribution in [0.1, 0.15) is 47.2 Å². The van der Waals surface area contributed by atoms with Crippen molar-refractivity contribution in [3.63, 3.8) is 0 Å². The van der Waals surface area contributed by atoms with Gasteiger partial charge in [0.05, 0.1) is 28.4 Å². The van der Waals surface area contributed by atoms with Crippen molar-refractivity contribution >= 4 is 12.0 Å². The summed E-state index contributed by atoms with van der Waals surface area (Å²) < 4.78 is 21.5. The summed E-state index contributed by atoms with van der Waals surface area (Å²) in [6.07, 6.45) is 3.05. The maximum Gasteiger partial charge on any atom is 0.193 e. The van der Waals surface area contributed by atoms with Crippen LogP contribution in [0, 0.1) is 0 Å². The van der Waals surface area contributed by atoms with Gasteiger partial charge in [-0.3, -0.25) is 4.79 Å². The van der Waals surface area contributed by atoms with Crippen LogP contribution < -0.4 is 24.8 Å². The molecule has 7 nitrogen and oxygen atoms in total. The monoisotopic (exact) mass is 400 g/mol. The third kappa shape index (κ3) is 4.80. The third-order valence-corrected chi connectivity index (χ3v) is 4.87. The number of hydrazone groups is 1. The Morgan fingerprint density at radius 3 is 2.10 bits per heavy atom. The molecular weight excluding hydrogens is 372 g/mol. The minimum Gasteiger partial charge on any atom is -0.493 e. The van der Waals surface area contributed by atoms with Gasteiger partial charge in [0.1, 0.15) is 0 Å². The molecule has 0 bridgehead atoms. The topological polar surface area (TPSA) is 92.4 Å². The van der Waals surface area contributed by atoms with Crippen LogP contribution in [0.15, 0.2) is 35.4 Å². The zero-order valence-electron chi connectivity index (χ0n) is 17.5. The Labute approximate surface area is 171 Å². The van der Waals surface area contributed by atoms with Crippen LogP contribution in [0.5, 0.6) is 23.0 Å². The maximum atomic E-state index is 13.4. The van der Waals surface area contributed by atoms with E-state index < -0.39 is 0 Å². The molecule has 2 N–H and O–H groups in total. The molecule has 0 saturated carbocycles. The van der Waals surface area contributed by atoms with Gasteiger partial charge in [0.15, 0.2) is 28.8 Å². The lowest BCUT2D eigenvalue weighted by atomic mass is 9.86. The zero-order chi connectivity index (χ0) is 21.4. The van der Waals surface area contributed by atoms with Crippen LogP contribution in [0.4, 0.5) is 0 Å². The molecule has 2 aromatic carbocycles. The average molecular weight is 400 g/mol. The lowest BCUT2D eigenvalue weighted by Crippen LogP contribution is -2.11. The van der Waals surface area contributed by atoms with E-state index in [0.29, 0.717) is 40.5 Å². The molecule has 0 saturated heterocycles. The van der Waals surface area contributed by atoms with E-state index in [1.165, 1.54) is 7.11 Å². The van der Waals surface area contributed by atoms with Gasteiger partial charge in [0.25, 0.3) is 0 Å². The number of carbonyl (C=O) groups is 1. The molecule has 0 radical (unpaired) electrons. The third-order valence-electron chi connectivity index (χ3n) is 4.87. The second-order valence-electron chi connectivity index (χ2n) is 6.37. The Bertz CT molecular complexity index is 880. The fraction of sp³-hybridized carbons (Fsp3) is 0.364. The van der Waals surface area contributed by atoms with E-state index in [9.17, 15) is 4.79 Å². The van der Waals surface area contributed by atoms with Crippen molar-refractivity contribution in [2.45, 2.75) is 25.7 Å². The normalized spacial score (nSPS) is 11.9. The van der Waals surface area contributed by atoms with Gasteiger partial charge >= 0.3 is 0 Å². The number of rotatable bonds is 10. The second-order valence-corrected chi connectivity index (χ2v) is 6.37. The molecule has 2 aromatic rings. The minimum absolute atomic E-state index is 0.0428. The van der Waals surface area contributed by atoms with Crippen molar-refractivity contribution in [1.29, 1.82) is 0 Å². The molecule has 0 heterocycles. The summed E-state index contributed by atoms with van der Waals surface area (Å²) in [7, 11) is 6.20. The molecular formula is C22H28N2O5. The number of ether oxygens (including phenoxy) is 4. The van der Waals surface area contributed by atoms with E-state index >= 15 is 0 Å². The van der Waals surface area contributed by atoms with Gasteiger partial charge in [-0.25, -0.2) is 0 Å². The molecule has 0 aliphatic carbocycles. The number of benzene rings is 2. The van der Waals surface area contributed by atoms with Crippen molar-refractivity contribution < 1.29 is 23.7 Å². The molecule has 7 heteroatoms. The Morgan fingerprint density at radius 2 is 1.55 bits per heavy atom. The minimum atomic E-state index is -0.148. The molecule has 0 aliphatic heterocycles. The van der Waals surface area contributed by atoms with E-state index in [0.717, 1.165) is 12.0 Å². The molecule has 0 aromatic heterocycles. The SMILES string of the molecule is CCC(CC=NN)c1cc(OC)c(OC)cc1C(=O)c1ccc(OC)c(OC)c1. The lowest BCUT2D eigenvalue weighted by Gasteiger charge is -2.20. The fourth-order valence-electron chi connectivity index (χ4n) is 3.26. The van der Waals surface area contributed by atoms with Gasteiger partial charge in [-0.15, -0.1) is 0 Å². The number of hydrogen-bond acceptors (Lipinski definition) is 7. The molecule has 29 heavy (non-hydrogen) atoms. The second kappa shape index (κ2) is 10.4. The van der Waals surface area contributed by atoms with Crippen LogP contribution in [0.2, 0.25) is 0 Å². The number of nitrogens with two attached hydrogens (primary N) is 1. The van der Waals surface area contributed by atoms with Gasteiger partial charge in [0, 0.05) is 17.3 Å². The van der Waals surface area contributed by atoms with Crippen molar-refractivity contribution in [2.75, 3.05) is 28.4 Å². The molecule has 0 spiro atoms. The maximum absolute atomic E-state index is 13.4. The molecule has 1 atom stereocenters. The van der Waals surface area contributed by atoms with Crippen LogP contribution in [-0.4, -0.2) is 40.4 Å². The average Bonchev–Trinajstić information content (AvgIpc) is 2.77. The standard InChI is InChI=1S/C22H28N2O5/c1-6-14(9-10-24-23)16-12-20(28-4)21(29-5)13-17(16)22(25)15-7-8-18(26-2)19(11-15)27-3/h7-8,10-14H,6,9,23H2,1-5H3. The summed E-state index contributed by atoms with van der Waals surface area (Å²) in [5.74, 6) is 7.29. The Morgan fingerprint density at radius 1 is 0.966 bits per heavy atom. The van der Waals surface area contributed by atoms with Crippen molar-refractivity contribution in [3.8, 4) is 23.0 Å². The van der Waals surface area contributed by atoms with Gasteiger partial charge in [-0.05, 0) is 54.7 Å². The van der Waals surface area contributed by atoms with Gasteiger partial charge in [0.2, 0.25) is 0 Å².